The molecular formula is C24H26F3N3O2S. The van der Waals surface area contributed by atoms with Crippen LogP contribution in [0.1, 0.15) is 30.4 Å². The van der Waals surface area contributed by atoms with E-state index in [9.17, 15) is 18.0 Å². The number of carbonyl (C=O) groups excluding carboxylic acids is 1. The van der Waals surface area contributed by atoms with Gasteiger partial charge < -0.3 is 19.7 Å². The predicted molar refractivity (Wildman–Crippen MR) is 125 cm³/mol. The summed E-state index contributed by atoms with van der Waals surface area (Å²) in [5.41, 5.74) is 1.84. The van der Waals surface area contributed by atoms with Gasteiger partial charge in [-0.05, 0) is 67.6 Å². The first kappa shape index (κ1) is 24.6. The maximum Gasteiger partial charge on any atom is 0.215 e. The Bertz CT molecular complexity index is 1090. The lowest BCUT2D eigenvalue weighted by atomic mass is 10.1. The van der Waals surface area contributed by atoms with Gasteiger partial charge in [-0.3, -0.25) is 4.79 Å². The molecule has 1 aliphatic rings. The third-order valence-electron chi connectivity index (χ3n) is 5.26. The lowest BCUT2D eigenvalue weighted by Crippen LogP contribution is -2.28. The van der Waals surface area contributed by atoms with Crippen LogP contribution in [-0.4, -0.2) is 30.7 Å². The van der Waals surface area contributed by atoms with E-state index >= 15 is 0 Å². The molecule has 0 spiro atoms. The molecule has 3 rings (SSSR count). The van der Waals surface area contributed by atoms with Crippen LogP contribution in [0.2, 0.25) is 0 Å². The fraction of sp³-hybridized carbons (Fsp3) is 0.292. The molecule has 0 aromatic heterocycles. The number of benzene rings is 2. The second-order valence-corrected chi connectivity index (χ2v) is 8.72. The SMILES string of the molecule is C/C=C(OC)\C(NSC1CC1c1ccc(F)cc1F)=C(\Nc1ccc(C)cc1F)N(C)C=O. The van der Waals surface area contributed by atoms with Crippen LogP contribution < -0.4 is 10.0 Å². The summed E-state index contributed by atoms with van der Waals surface area (Å²) in [7, 11) is 3.02. The number of nitrogens with one attached hydrogen (secondary N) is 2. The zero-order valence-corrected chi connectivity index (χ0v) is 19.6. The summed E-state index contributed by atoms with van der Waals surface area (Å²) in [6.07, 6.45) is 3.00. The van der Waals surface area contributed by atoms with Crippen molar-refractivity contribution in [1.82, 2.24) is 9.62 Å². The van der Waals surface area contributed by atoms with Crippen molar-refractivity contribution in [3.63, 3.8) is 0 Å². The van der Waals surface area contributed by atoms with E-state index in [2.05, 4.69) is 10.0 Å². The van der Waals surface area contributed by atoms with E-state index in [0.29, 0.717) is 29.9 Å². The molecule has 1 saturated carbocycles. The number of aryl methyl sites for hydroxylation is 1. The van der Waals surface area contributed by atoms with Gasteiger partial charge in [0, 0.05) is 24.3 Å². The number of nitrogens with zero attached hydrogens (tertiary/aromatic N) is 1. The summed E-state index contributed by atoms with van der Waals surface area (Å²) in [6, 6.07) is 8.33. The molecule has 1 aliphatic carbocycles. The molecule has 0 aliphatic heterocycles. The fourth-order valence-corrected chi connectivity index (χ4v) is 4.46. The molecule has 0 bridgehead atoms. The van der Waals surface area contributed by atoms with E-state index in [-0.39, 0.29) is 22.7 Å². The monoisotopic (exact) mass is 477 g/mol. The van der Waals surface area contributed by atoms with Gasteiger partial charge in [-0.25, -0.2) is 13.2 Å². The van der Waals surface area contributed by atoms with Gasteiger partial charge in [-0.1, -0.05) is 12.1 Å². The van der Waals surface area contributed by atoms with Crippen molar-refractivity contribution in [3.05, 3.63) is 88.3 Å². The third kappa shape index (κ3) is 5.84. The molecule has 5 nitrogen and oxygen atoms in total. The molecule has 0 heterocycles. The number of rotatable bonds is 10. The van der Waals surface area contributed by atoms with E-state index in [4.69, 9.17) is 4.74 Å². The summed E-state index contributed by atoms with van der Waals surface area (Å²) >= 11 is 1.33. The Labute approximate surface area is 195 Å². The van der Waals surface area contributed by atoms with Crippen molar-refractivity contribution in [1.29, 1.82) is 0 Å². The van der Waals surface area contributed by atoms with Gasteiger partial charge in [0.05, 0.1) is 12.8 Å². The summed E-state index contributed by atoms with van der Waals surface area (Å²) in [6.45, 7) is 3.55. The zero-order valence-electron chi connectivity index (χ0n) is 18.8. The maximum absolute atomic E-state index is 14.5. The van der Waals surface area contributed by atoms with Gasteiger partial charge in [0.2, 0.25) is 6.41 Å². The Morgan fingerprint density at radius 1 is 1.18 bits per heavy atom. The Morgan fingerprint density at radius 3 is 2.55 bits per heavy atom. The highest BCUT2D eigenvalue weighted by Crippen LogP contribution is 2.49. The van der Waals surface area contributed by atoms with Crippen molar-refractivity contribution < 1.29 is 22.7 Å². The first-order chi connectivity index (χ1) is 15.8. The molecule has 2 aromatic rings. The van der Waals surface area contributed by atoms with E-state index in [1.54, 1.807) is 32.1 Å². The van der Waals surface area contributed by atoms with Crippen LogP contribution in [-0.2, 0) is 9.53 Å². The highest BCUT2D eigenvalue weighted by Gasteiger charge is 2.41. The Hall–Kier alpha value is -3.07. The Balaban J connectivity index is 1.87. The molecule has 9 heteroatoms. The number of halogens is 3. The van der Waals surface area contributed by atoms with Crippen molar-refractivity contribution in [3.8, 4) is 0 Å². The number of hydrogen-bond acceptors (Lipinski definition) is 5. The Morgan fingerprint density at radius 2 is 1.94 bits per heavy atom. The van der Waals surface area contributed by atoms with E-state index in [0.717, 1.165) is 11.6 Å². The molecule has 2 unspecified atom stereocenters. The van der Waals surface area contributed by atoms with E-state index in [1.807, 2.05) is 0 Å². The zero-order chi connectivity index (χ0) is 24.1. The van der Waals surface area contributed by atoms with Gasteiger partial charge in [-0.2, -0.15) is 0 Å². The highest BCUT2D eigenvalue weighted by atomic mass is 32.2. The lowest BCUT2D eigenvalue weighted by Gasteiger charge is -2.24. The van der Waals surface area contributed by atoms with Gasteiger partial charge in [0.1, 0.15) is 34.7 Å². The minimum Gasteiger partial charge on any atom is -0.495 e. The highest BCUT2D eigenvalue weighted by molar-refractivity contribution is 7.98. The molecule has 176 valence electrons. The number of anilines is 1. The van der Waals surface area contributed by atoms with E-state index in [1.165, 1.54) is 49.2 Å². The van der Waals surface area contributed by atoms with E-state index < -0.39 is 17.5 Å². The summed E-state index contributed by atoms with van der Waals surface area (Å²) in [5, 5.41) is 3.00. The average molecular weight is 478 g/mol. The van der Waals surface area contributed by atoms with Crippen molar-refractivity contribution >= 4 is 24.0 Å². The molecule has 2 N–H and O–H groups in total. The normalized spacial score (nSPS) is 18.3. The number of amides is 1. The van der Waals surface area contributed by atoms with Gasteiger partial charge in [0.15, 0.2) is 0 Å². The minimum absolute atomic E-state index is 0.0221. The standard InChI is InChI=1S/C24H26F3N3O2S/c1-5-21(32-4)23(24(30(3)13-31)28-20-9-6-14(2)10-19(20)27)29-33-22-12-17(22)16-8-7-15(25)11-18(16)26/h5-11,13,17,22,28-29H,12H2,1-4H3/b21-5+,24-23+. The number of allylic oxidation sites excluding steroid dienone is 1. The third-order valence-corrected chi connectivity index (χ3v) is 6.41. The number of carbonyl (C=O) groups is 1. The molecule has 1 amide bonds. The molecular weight excluding hydrogens is 451 g/mol. The predicted octanol–water partition coefficient (Wildman–Crippen LogP) is 5.43. The van der Waals surface area contributed by atoms with Crippen molar-refractivity contribution in [2.75, 3.05) is 19.5 Å². The molecule has 1 fully saturated rings. The average Bonchev–Trinajstić information content (AvgIpc) is 3.55. The van der Waals surface area contributed by atoms with Crippen LogP contribution in [0.25, 0.3) is 0 Å². The van der Waals surface area contributed by atoms with Crippen LogP contribution in [0.4, 0.5) is 18.9 Å². The fourth-order valence-electron chi connectivity index (χ4n) is 3.37. The van der Waals surface area contributed by atoms with Crippen molar-refractivity contribution in [2.24, 2.45) is 0 Å². The molecule has 33 heavy (non-hydrogen) atoms. The van der Waals surface area contributed by atoms with Crippen LogP contribution in [0.15, 0.2) is 59.8 Å². The van der Waals surface area contributed by atoms with Crippen LogP contribution in [0, 0.1) is 24.4 Å². The maximum atomic E-state index is 14.5. The molecule has 2 aromatic carbocycles. The van der Waals surface area contributed by atoms with Gasteiger partial charge in [0.25, 0.3) is 0 Å². The first-order valence-corrected chi connectivity index (χ1v) is 11.2. The number of ether oxygens (including phenoxy) is 1. The molecule has 0 saturated heterocycles. The second kappa shape index (κ2) is 10.7. The summed E-state index contributed by atoms with van der Waals surface area (Å²) in [4.78, 5) is 12.9. The van der Waals surface area contributed by atoms with Gasteiger partial charge >= 0.3 is 0 Å². The van der Waals surface area contributed by atoms with Gasteiger partial charge in [-0.15, -0.1) is 0 Å². The summed E-state index contributed by atoms with van der Waals surface area (Å²) < 4.78 is 50.5. The minimum atomic E-state index is -0.613. The number of hydrogen-bond donors (Lipinski definition) is 2. The topological polar surface area (TPSA) is 53.6 Å². The lowest BCUT2D eigenvalue weighted by molar-refractivity contribution is -0.115. The van der Waals surface area contributed by atoms with Crippen LogP contribution >= 0.6 is 11.9 Å². The first-order valence-electron chi connectivity index (χ1n) is 10.3. The number of methoxy groups -OCH3 is 1. The van der Waals surface area contributed by atoms with Crippen LogP contribution in [0.5, 0.6) is 0 Å². The van der Waals surface area contributed by atoms with Crippen LogP contribution in [0.3, 0.4) is 0 Å². The second-order valence-electron chi connectivity index (χ2n) is 7.67. The summed E-state index contributed by atoms with van der Waals surface area (Å²) in [5.74, 6) is -1.01. The Kier molecular flexibility index (Phi) is 7.97. The molecule has 0 radical (unpaired) electrons. The smallest absolute Gasteiger partial charge is 0.215 e. The van der Waals surface area contributed by atoms with Crippen molar-refractivity contribution in [2.45, 2.75) is 31.4 Å². The largest absolute Gasteiger partial charge is 0.495 e. The quantitative estimate of drug-likeness (QED) is 0.207. The molecule has 2 atom stereocenters.